The molecule has 1 saturated heterocycles. The van der Waals surface area contributed by atoms with Crippen molar-refractivity contribution < 1.29 is 13.2 Å². The number of nitrogens with one attached hydrogen (secondary N) is 1. The number of benzene rings is 1. The molecule has 1 aromatic carbocycles. The fraction of sp³-hybridized carbons (Fsp3) is 0.571. The first-order valence-electron chi connectivity index (χ1n) is 7.08. The fourth-order valence-electron chi connectivity index (χ4n) is 2.46. The highest BCUT2D eigenvalue weighted by molar-refractivity contribution is 9.10. The van der Waals surface area contributed by atoms with Crippen molar-refractivity contribution in [1.82, 2.24) is 9.62 Å². The topological polar surface area (TPSA) is 58.6 Å². The summed E-state index contributed by atoms with van der Waals surface area (Å²) < 4.78 is 33.0. The van der Waals surface area contributed by atoms with Crippen LogP contribution in [0.25, 0.3) is 0 Å². The van der Waals surface area contributed by atoms with Gasteiger partial charge >= 0.3 is 0 Å². The first-order valence-corrected chi connectivity index (χ1v) is 9.32. The monoisotopic (exact) mass is 376 g/mol. The zero-order valence-electron chi connectivity index (χ0n) is 12.3. The van der Waals surface area contributed by atoms with E-state index in [1.165, 1.54) is 0 Å². The number of halogens is 1. The van der Waals surface area contributed by atoms with Crippen molar-refractivity contribution in [3.63, 3.8) is 0 Å². The summed E-state index contributed by atoms with van der Waals surface area (Å²) in [5.74, 6) is 0.656. The first kappa shape index (κ1) is 16.7. The van der Waals surface area contributed by atoms with Crippen molar-refractivity contribution >= 4 is 26.0 Å². The van der Waals surface area contributed by atoms with Crippen LogP contribution in [0.3, 0.4) is 0 Å². The van der Waals surface area contributed by atoms with Gasteiger partial charge in [0.25, 0.3) is 0 Å². The van der Waals surface area contributed by atoms with Crippen LogP contribution in [-0.4, -0.2) is 45.5 Å². The molecule has 1 fully saturated rings. The maximum absolute atomic E-state index is 12.7. The second-order valence-corrected chi connectivity index (χ2v) is 7.81. The Morgan fingerprint density at radius 3 is 2.86 bits per heavy atom. The van der Waals surface area contributed by atoms with Gasteiger partial charge in [-0.05, 0) is 60.9 Å². The Morgan fingerprint density at radius 2 is 2.24 bits per heavy atom. The van der Waals surface area contributed by atoms with E-state index in [4.69, 9.17) is 4.74 Å². The summed E-state index contributed by atoms with van der Waals surface area (Å²) in [6.45, 7) is 3.53. The van der Waals surface area contributed by atoms with E-state index in [0.717, 1.165) is 12.8 Å². The summed E-state index contributed by atoms with van der Waals surface area (Å²) in [4.78, 5) is 0.301. The molecule has 1 heterocycles. The second-order valence-electron chi connectivity index (χ2n) is 5.02. The summed E-state index contributed by atoms with van der Waals surface area (Å²) >= 11 is 3.37. The molecule has 1 N–H and O–H groups in total. The van der Waals surface area contributed by atoms with Crippen LogP contribution in [0.4, 0.5) is 0 Å². The fourth-order valence-corrected chi connectivity index (χ4v) is 4.66. The molecule has 0 radical (unpaired) electrons. The first-order chi connectivity index (χ1) is 9.98. The molecule has 0 aliphatic carbocycles. The van der Waals surface area contributed by atoms with Crippen LogP contribution >= 0.6 is 15.9 Å². The second kappa shape index (κ2) is 7.09. The highest BCUT2D eigenvalue weighted by Crippen LogP contribution is 2.30. The van der Waals surface area contributed by atoms with E-state index in [0.29, 0.717) is 34.8 Å². The number of likely N-dealkylation sites (N-methyl/N-ethyl adjacent to an activating group) is 1. The minimum Gasteiger partial charge on any atom is -0.493 e. The van der Waals surface area contributed by atoms with E-state index in [9.17, 15) is 8.42 Å². The Bertz CT molecular complexity index is 592. The Kier molecular flexibility index (Phi) is 5.65. The zero-order valence-corrected chi connectivity index (χ0v) is 14.7. The number of hydrogen-bond donors (Lipinski definition) is 1. The largest absolute Gasteiger partial charge is 0.493 e. The van der Waals surface area contributed by atoms with Gasteiger partial charge in [-0.25, -0.2) is 8.42 Å². The molecule has 21 heavy (non-hydrogen) atoms. The molecule has 0 aromatic heterocycles. The van der Waals surface area contributed by atoms with Gasteiger partial charge in [0.1, 0.15) is 5.75 Å². The Labute approximate surface area is 134 Å². The zero-order chi connectivity index (χ0) is 15.5. The van der Waals surface area contributed by atoms with Crippen LogP contribution in [0, 0.1) is 0 Å². The number of rotatable bonds is 5. The van der Waals surface area contributed by atoms with E-state index in [2.05, 4.69) is 21.2 Å². The lowest BCUT2D eigenvalue weighted by Crippen LogP contribution is -2.46. The lowest BCUT2D eigenvalue weighted by atomic mass is 10.1. The Balaban J connectivity index is 2.25. The van der Waals surface area contributed by atoms with E-state index in [1.54, 1.807) is 22.5 Å². The van der Waals surface area contributed by atoms with Crippen LogP contribution in [0.15, 0.2) is 27.6 Å². The third kappa shape index (κ3) is 3.77. The van der Waals surface area contributed by atoms with Gasteiger partial charge in [0.05, 0.1) is 16.0 Å². The SMILES string of the molecule is CCOc1ccc(S(=O)(=O)N2CCCC(NC)C2)cc1Br. The van der Waals surface area contributed by atoms with Gasteiger partial charge in [-0.1, -0.05) is 0 Å². The number of ether oxygens (including phenoxy) is 1. The van der Waals surface area contributed by atoms with Crippen molar-refractivity contribution in [2.24, 2.45) is 0 Å². The lowest BCUT2D eigenvalue weighted by Gasteiger charge is -2.31. The quantitative estimate of drug-likeness (QED) is 0.855. The summed E-state index contributed by atoms with van der Waals surface area (Å²) in [6, 6.07) is 5.14. The minimum absolute atomic E-state index is 0.222. The maximum Gasteiger partial charge on any atom is 0.243 e. The molecule has 5 nitrogen and oxygen atoms in total. The third-order valence-corrected chi connectivity index (χ3v) is 6.11. The number of hydrogen-bond acceptors (Lipinski definition) is 4. The number of nitrogens with zero attached hydrogens (tertiary/aromatic N) is 1. The van der Waals surface area contributed by atoms with Gasteiger partial charge < -0.3 is 10.1 Å². The predicted molar refractivity (Wildman–Crippen MR) is 86.2 cm³/mol. The van der Waals surface area contributed by atoms with E-state index >= 15 is 0 Å². The summed E-state index contributed by atoms with van der Waals surface area (Å²) in [5.41, 5.74) is 0. The molecular weight excluding hydrogens is 356 g/mol. The molecule has 1 unspecified atom stereocenters. The van der Waals surface area contributed by atoms with E-state index in [1.807, 2.05) is 14.0 Å². The Hall–Kier alpha value is -0.630. The van der Waals surface area contributed by atoms with Gasteiger partial charge in [-0.3, -0.25) is 0 Å². The van der Waals surface area contributed by atoms with Crippen molar-refractivity contribution in [2.75, 3.05) is 26.7 Å². The highest BCUT2D eigenvalue weighted by Gasteiger charge is 2.30. The standard InChI is InChI=1S/C14H21BrN2O3S/c1-3-20-14-7-6-12(9-13(14)15)21(18,19)17-8-4-5-11(10-17)16-2/h6-7,9,11,16H,3-5,8,10H2,1-2H3. The molecule has 7 heteroatoms. The average molecular weight is 377 g/mol. The van der Waals surface area contributed by atoms with Crippen molar-refractivity contribution in [3.8, 4) is 5.75 Å². The molecule has 0 saturated carbocycles. The Morgan fingerprint density at radius 1 is 1.48 bits per heavy atom. The molecule has 1 aliphatic rings. The molecule has 1 aliphatic heterocycles. The maximum atomic E-state index is 12.7. The molecular formula is C14H21BrN2O3S. The molecule has 0 spiro atoms. The average Bonchev–Trinajstić information content (AvgIpc) is 2.49. The van der Waals surface area contributed by atoms with Gasteiger partial charge in [-0.2, -0.15) is 4.31 Å². The van der Waals surface area contributed by atoms with E-state index < -0.39 is 10.0 Å². The lowest BCUT2D eigenvalue weighted by molar-refractivity contribution is 0.292. The molecule has 0 bridgehead atoms. The van der Waals surface area contributed by atoms with Crippen LogP contribution in [0.1, 0.15) is 19.8 Å². The highest BCUT2D eigenvalue weighted by atomic mass is 79.9. The normalized spacial score (nSPS) is 20.4. The molecule has 2 rings (SSSR count). The summed E-state index contributed by atoms with van der Waals surface area (Å²) in [5, 5.41) is 3.16. The molecule has 1 atom stereocenters. The van der Waals surface area contributed by atoms with Gasteiger partial charge in [0, 0.05) is 19.1 Å². The van der Waals surface area contributed by atoms with Crippen LogP contribution in [0.2, 0.25) is 0 Å². The predicted octanol–water partition coefficient (Wildman–Crippen LogP) is 2.22. The number of piperidine rings is 1. The van der Waals surface area contributed by atoms with Crippen LogP contribution < -0.4 is 10.1 Å². The minimum atomic E-state index is -3.45. The smallest absolute Gasteiger partial charge is 0.243 e. The van der Waals surface area contributed by atoms with Crippen LogP contribution in [0.5, 0.6) is 5.75 Å². The van der Waals surface area contributed by atoms with Crippen molar-refractivity contribution in [3.05, 3.63) is 22.7 Å². The van der Waals surface area contributed by atoms with Crippen molar-refractivity contribution in [2.45, 2.75) is 30.7 Å². The van der Waals surface area contributed by atoms with Gasteiger partial charge in [0.2, 0.25) is 10.0 Å². The van der Waals surface area contributed by atoms with Crippen LogP contribution in [-0.2, 0) is 10.0 Å². The summed E-state index contributed by atoms with van der Waals surface area (Å²) in [6.07, 6.45) is 1.89. The van der Waals surface area contributed by atoms with Crippen molar-refractivity contribution in [1.29, 1.82) is 0 Å². The van der Waals surface area contributed by atoms with E-state index in [-0.39, 0.29) is 6.04 Å². The van der Waals surface area contributed by atoms with Gasteiger partial charge in [-0.15, -0.1) is 0 Å². The molecule has 0 amide bonds. The number of sulfonamides is 1. The molecule has 118 valence electrons. The third-order valence-electron chi connectivity index (χ3n) is 3.63. The van der Waals surface area contributed by atoms with Gasteiger partial charge in [0.15, 0.2) is 0 Å². The summed E-state index contributed by atoms with van der Waals surface area (Å²) in [7, 11) is -1.58. The molecule has 1 aromatic rings.